The molecule has 0 spiro atoms. The van der Waals surface area contributed by atoms with Crippen LogP contribution in [0.2, 0.25) is 0 Å². The van der Waals surface area contributed by atoms with E-state index in [1.165, 1.54) is 0 Å². The van der Waals surface area contributed by atoms with Gasteiger partial charge in [-0.25, -0.2) is 29.9 Å². The molecular weight excluding hydrogens is 709 g/mol. The van der Waals surface area contributed by atoms with Gasteiger partial charge in [-0.3, -0.25) is 0 Å². The minimum atomic E-state index is 0.621. The van der Waals surface area contributed by atoms with Gasteiger partial charge in [-0.1, -0.05) is 146 Å². The SMILES string of the molecule is c1ccc(-c2ccc3nc(-c4cc(-c5ccccc5)nc5c4ccc4c(-c6ncc7cc(-c8ccccc8)ccc7n6)cc(-c6ccccc6)nc45)ncc3c2)cc1. The summed E-state index contributed by atoms with van der Waals surface area (Å²) < 4.78 is 0. The molecular formula is C52H32N6. The van der Waals surface area contributed by atoms with Crippen molar-refractivity contribution in [1.29, 1.82) is 0 Å². The van der Waals surface area contributed by atoms with Gasteiger partial charge in [-0.2, -0.15) is 0 Å². The number of fused-ring (bicyclic) bond motifs is 5. The summed E-state index contributed by atoms with van der Waals surface area (Å²) in [4.78, 5) is 31.0. The Morgan fingerprint density at radius 1 is 0.293 bits per heavy atom. The van der Waals surface area contributed by atoms with E-state index < -0.39 is 0 Å². The molecule has 58 heavy (non-hydrogen) atoms. The molecule has 7 aromatic carbocycles. The number of rotatable bonds is 6. The Kier molecular flexibility index (Phi) is 8.04. The van der Waals surface area contributed by atoms with Gasteiger partial charge >= 0.3 is 0 Å². The topological polar surface area (TPSA) is 77.3 Å². The molecule has 0 radical (unpaired) electrons. The quantitative estimate of drug-likeness (QED) is 0.158. The van der Waals surface area contributed by atoms with Crippen LogP contribution >= 0.6 is 0 Å². The fraction of sp³-hybridized carbons (Fsp3) is 0. The Morgan fingerprint density at radius 2 is 0.672 bits per heavy atom. The normalized spacial score (nSPS) is 11.4. The standard InChI is InChI=1S/C52H32N6/c1-5-13-33(14-6-1)37-21-25-45-39(27-37)31-53-51(57-45)43-29-47(35-17-9-3-10-18-35)55-49-41(43)23-24-42-44(30-48(56-50(42)49)36-19-11-4-12-20-36)52-54-32-40-28-38(22-26-46(40)58-52)34-15-7-2-8-16-34/h1-32H. The lowest BCUT2D eigenvalue weighted by molar-refractivity contribution is 1.22. The van der Waals surface area contributed by atoms with E-state index in [0.29, 0.717) is 11.6 Å². The summed E-state index contributed by atoms with van der Waals surface area (Å²) in [5.41, 5.74) is 13.2. The van der Waals surface area contributed by atoms with Gasteiger partial charge in [0.25, 0.3) is 0 Å². The minimum Gasteiger partial charge on any atom is -0.245 e. The maximum absolute atomic E-state index is 5.37. The molecule has 6 nitrogen and oxygen atoms in total. The van der Waals surface area contributed by atoms with Crippen LogP contribution in [0.25, 0.3) is 111 Å². The van der Waals surface area contributed by atoms with Gasteiger partial charge in [0.2, 0.25) is 0 Å². The predicted molar refractivity (Wildman–Crippen MR) is 236 cm³/mol. The molecule has 0 saturated carbocycles. The van der Waals surface area contributed by atoms with E-state index in [4.69, 9.17) is 29.9 Å². The summed E-state index contributed by atoms with van der Waals surface area (Å²) in [6.45, 7) is 0. The fourth-order valence-electron chi connectivity index (χ4n) is 7.81. The molecule has 0 saturated heterocycles. The molecule has 0 amide bonds. The third-order valence-corrected chi connectivity index (χ3v) is 10.8. The highest BCUT2D eigenvalue weighted by molar-refractivity contribution is 6.13. The van der Waals surface area contributed by atoms with Gasteiger partial charge < -0.3 is 0 Å². The van der Waals surface area contributed by atoms with Gasteiger partial charge in [0.15, 0.2) is 11.6 Å². The van der Waals surface area contributed by atoms with Crippen molar-refractivity contribution < 1.29 is 0 Å². The van der Waals surface area contributed by atoms with Crippen molar-refractivity contribution in [3.8, 4) is 67.5 Å². The monoisotopic (exact) mass is 740 g/mol. The van der Waals surface area contributed by atoms with Crippen molar-refractivity contribution in [2.24, 2.45) is 0 Å². The second-order valence-corrected chi connectivity index (χ2v) is 14.4. The zero-order valence-electron chi connectivity index (χ0n) is 31.2. The van der Waals surface area contributed by atoms with Crippen molar-refractivity contribution in [1.82, 2.24) is 29.9 Å². The van der Waals surface area contributed by atoms with Crippen LogP contribution in [0.4, 0.5) is 0 Å². The van der Waals surface area contributed by atoms with Crippen molar-refractivity contribution >= 4 is 43.6 Å². The molecule has 0 atom stereocenters. The van der Waals surface area contributed by atoms with Crippen LogP contribution in [-0.4, -0.2) is 29.9 Å². The Balaban J connectivity index is 1.13. The molecule has 11 rings (SSSR count). The highest BCUT2D eigenvalue weighted by Gasteiger charge is 2.20. The van der Waals surface area contributed by atoms with Gasteiger partial charge in [0, 0.05) is 56.2 Å². The minimum absolute atomic E-state index is 0.621. The number of hydrogen-bond acceptors (Lipinski definition) is 6. The molecule has 0 aliphatic rings. The summed E-state index contributed by atoms with van der Waals surface area (Å²) in [7, 11) is 0. The Bertz CT molecular complexity index is 3090. The number of hydrogen-bond donors (Lipinski definition) is 0. The second kappa shape index (κ2) is 14.0. The summed E-state index contributed by atoms with van der Waals surface area (Å²) in [5, 5.41) is 3.76. The van der Waals surface area contributed by atoms with E-state index >= 15 is 0 Å². The van der Waals surface area contributed by atoms with Crippen LogP contribution in [0.3, 0.4) is 0 Å². The first-order chi connectivity index (χ1) is 28.7. The fourth-order valence-corrected chi connectivity index (χ4v) is 7.81. The van der Waals surface area contributed by atoms with E-state index in [2.05, 4.69) is 133 Å². The van der Waals surface area contributed by atoms with Crippen molar-refractivity contribution in [2.75, 3.05) is 0 Å². The highest BCUT2D eigenvalue weighted by atomic mass is 14.9. The third kappa shape index (κ3) is 6.01. The summed E-state index contributed by atoms with van der Waals surface area (Å²) in [6.07, 6.45) is 3.84. The Morgan fingerprint density at radius 3 is 1.07 bits per heavy atom. The lowest BCUT2D eigenvalue weighted by Crippen LogP contribution is -1.98. The molecule has 0 aliphatic heterocycles. The largest absolute Gasteiger partial charge is 0.245 e. The number of aromatic nitrogens is 6. The zero-order chi connectivity index (χ0) is 38.4. The lowest BCUT2D eigenvalue weighted by Gasteiger charge is -2.15. The van der Waals surface area contributed by atoms with E-state index in [0.717, 1.165) is 99.5 Å². The first kappa shape index (κ1) is 33.4. The highest BCUT2D eigenvalue weighted by Crippen LogP contribution is 2.39. The predicted octanol–water partition coefficient (Wildman–Crippen LogP) is 12.7. The first-order valence-corrected chi connectivity index (χ1v) is 19.3. The van der Waals surface area contributed by atoms with E-state index in [9.17, 15) is 0 Å². The average Bonchev–Trinajstić information content (AvgIpc) is 3.31. The average molecular weight is 741 g/mol. The van der Waals surface area contributed by atoms with Crippen LogP contribution in [0.5, 0.6) is 0 Å². The molecule has 0 N–H and O–H groups in total. The van der Waals surface area contributed by atoms with Crippen LogP contribution in [0.1, 0.15) is 0 Å². The molecule has 0 aliphatic carbocycles. The molecule has 11 aromatic rings. The van der Waals surface area contributed by atoms with Crippen molar-refractivity contribution in [2.45, 2.75) is 0 Å². The van der Waals surface area contributed by atoms with Gasteiger partial charge in [0.05, 0.1) is 33.5 Å². The van der Waals surface area contributed by atoms with Gasteiger partial charge in [0.1, 0.15) is 0 Å². The van der Waals surface area contributed by atoms with Gasteiger partial charge in [-0.05, 0) is 58.7 Å². The molecule has 6 heteroatoms. The smallest absolute Gasteiger partial charge is 0.160 e. The third-order valence-electron chi connectivity index (χ3n) is 10.8. The summed E-state index contributed by atoms with van der Waals surface area (Å²) in [6, 6.07) is 62.3. The molecule has 4 heterocycles. The Hall–Kier alpha value is -7.96. The maximum atomic E-state index is 5.37. The molecule has 0 bridgehead atoms. The number of pyridine rings is 2. The zero-order valence-corrected chi connectivity index (χ0v) is 31.2. The lowest BCUT2D eigenvalue weighted by atomic mass is 9.98. The van der Waals surface area contributed by atoms with Crippen LogP contribution in [0, 0.1) is 0 Å². The van der Waals surface area contributed by atoms with Crippen LogP contribution in [0.15, 0.2) is 194 Å². The van der Waals surface area contributed by atoms with E-state index in [1.807, 2.05) is 60.9 Å². The maximum Gasteiger partial charge on any atom is 0.160 e. The van der Waals surface area contributed by atoms with Crippen molar-refractivity contribution in [3.05, 3.63) is 194 Å². The molecule has 270 valence electrons. The number of nitrogens with zero attached hydrogens (tertiary/aromatic N) is 6. The van der Waals surface area contributed by atoms with Crippen LogP contribution in [-0.2, 0) is 0 Å². The van der Waals surface area contributed by atoms with Gasteiger partial charge in [-0.15, -0.1) is 0 Å². The summed E-state index contributed by atoms with van der Waals surface area (Å²) >= 11 is 0. The van der Waals surface area contributed by atoms with Crippen LogP contribution < -0.4 is 0 Å². The second-order valence-electron chi connectivity index (χ2n) is 14.4. The summed E-state index contributed by atoms with van der Waals surface area (Å²) in [5.74, 6) is 1.24. The van der Waals surface area contributed by atoms with E-state index in [-0.39, 0.29) is 0 Å². The Labute approximate surface area is 334 Å². The first-order valence-electron chi connectivity index (χ1n) is 19.3. The number of benzene rings is 7. The molecule has 0 unspecified atom stereocenters. The van der Waals surface area contributed by atoms with Crippen molar-refractivity contribution in [3.63, 3.8) is 0 Å². The van der Waals surface area contributed by atoms with E-state index in [1.54, 1.807) is 0 Å². The molecule has 4 aromatic heterocycles. The molecule has 0 fully saturated rings.